The molecule has 1 heterocycles. The van der Waals surface area contributed by atoms with Gasteiger partial charge in [0.05, 0.1) is 6.04 Å². The standard InChI is InChI=1S/C12H14F2N2O2/c13-8-4-7(5-9(14)11(8)17)6-16-10-2-1-3-15-12(10)18/h4-5,10,16-17H,1-3,6H2,(H,15,18). The number of piperidine rings is 1. The number of halogens is 2. The van der Waals surface area contributed by atoms with Crippen LogP contribution in [-0.4, -0.2) is 23.6 Å². The fourth-order valence-electron chi connectivity index (χ4n) is 1.93. The zero-order valence-corrected chi connectivity index (χ0v) is 9.67. The lowest BCUT2D eigenvalue weighted by Gasteiger charge is -2.22. The first-order valence-electron chi connectivity index (χ1n) is 5.76. The second-order valence-corrected chi connectivity index (χ2v) is 4.27. The molecule has 0 radical (unpaired) electrons. The first kappa shape index (κ1) is 12.8. The summed E-state index contributed by atoms with van der Waals surface area (Å²) in [7, 11) is 0. The van der Waals surface area contributed by atoms with E-state index in [0.717, 1.165) is 18.6 Å². The zero-order chi connectivity index (χ0) is 13.1. The van der Waals surface area contributed by atoms with Crippen LogP contribution in [-0.2, 0) is 11.3 Å². The van der Waals surface area contributed by atoms with Crippen molar-refractivity contribution in [1.82, 2.24) is 10.6 Å². The number of hydrogen-bond acceptors (Lipinski definition) is 3. The molecule has 0 spiro atoms. The van der Waals surface area contributed by atoms with Gasteiger partial charge in [0.25, 0.3) is 0 Å². The van der Waals surface area contributed by atoms with Gasteiger partial charge in [0.2, 0.25) is 5.91 Å². The lowest BCUT2D eigenvalue weighted by molar-refractivity contribution is -0.124. The molecule has 1 fully saturated rings. The van der Waals surface area contributed by atoms with Crippen molar-refractivity contribution in [2.45, 2.75) is 25.4 Å². The van der Waals surface area contributed by atoms with Gasteiger partial charge in [-0.05, 0) is 30.5 Å². The lowest BCUT2D eigenvalue weighted by Crippen LogP contribution is -2.47. The van der Waals surface area contributed by atoms with E-state index in [9.17, 15) is 13.6 Å². The second-order valence-electron chi connectivity index (χ2n) is 4.27. The Labute approximate surface area is 103 Å². The second kappa shape index (κ2) is 5.30. The van der Waals surface area contributed by atoms with Crippen LogP contribution in [0.4, 0.5) is 8.78 Å². The molecule has 4 nitrogen and oxygen atoms in total. The van der Waals surface area contributed by atoms with Crippen molar-refractivity contribution < 1.29 is 18.7 Å². The van der Waals surface area contributed by atoms with Gasteiger partial charge in [-0.2, -0.15) is 0 Å². The Kier molecular flexibility index (Phi) is 3.76. The van der Waals surface area contributed by atoms with Crippen molar-refractivity contribution >= 4 is 5.91 Å². The van der Waals surface area contributed by atoms with Crippen LogP contribution in [0.15, 0.2) is 12.1 Å². The number of benzene rings is 1. The summed E-state index contributed by atoms with van der Waals surface area (Å²) in [6.07, 6.45) is 1.58. The summed E-state index contributed by atoms with van der Waals surface area (Å²) in [5.74, 6) is -3.07. The van der Waals surface area contributed by atoms with Gasteiger partial charge in [-0.3, -0.25) is 4.79 Å². The topological polar surface area (TPSA) is 61.4 Å². The van der Waals surface area contributed by atoms with Crippen molar-refractivity contribution in [3.63, 3.8) is 0 Å². The number of carbonyl (C=O) groups excluding carboxylic acids is 1. The number of hydrogen-bond donors (Lipinski definition) is 3. The Bertz CT molecular complexity index is 442. The third kappa shape index (κ3) is 2.76. The highest BCUT2D eigenvalue weighted by molar-refractivity contribution is 5.82. The van der Waals surface area contributed by atoms with Gasteiger partial charge in [0.15, 0.2) is 17.4 Å². The van der Waals surface area contributed by atoms with Crippen LogP contribution in [0.25, 0.3) is 0 Å². The first-order valence-corrected chi connectivity index (χ1v) is 5.76. The van der Waals surface area contributed by atoms with E-state index in [1.165, 1.54) is 0 Å². The van der Waals surface area contributed by atoms with Crippen LogP contribution in [0.1, 0.15) is 18.4 Å². The smallest absolute Gasteiger partial charge is 0.237 e. The maximum Gasteiger partial charge on any atom is 0.237 e. The van der Waals surface area contributed by atoms with Gasteiger partial charge >= 0.3 is 0 Å². The van der Waals surface area contributed by atoms with Crippen LogP contribution in [0, 0.1) is 11.6 Å². The zero-order valence-electron chi connectivity index (χ0n) is 9.67. The van der Waals surface area contributed by atoms with Gasteiger partial charge in [-0.15, -0.1) is 0 Å². The van der Waals surface area contributed by atoms with Crippen LogP contribution < -0.4 is 10.6 Å². The molecule has 3 N–H and O–H groups in total. The van der Waals surface area contributed by atoms with E-state index in [0.29, 0.717) is 18.5 Å². The number of carbonyl (C=O) groups is 1. The number of rotatable bonds is 3. The van der Waals surface area contributed by atoms with E-state index >= 15 is 0 Å². The minimum absolute atomic E-state index is 0.0963. The average molecular weight is 256 g/mol. The van der Waals surface area contributed by atoms with Crippen molar-refractivity contribution in [2.24, 2.45) is 0 Å². The number of phenolic OH excluding ortho intramolecular Hbond substituents is 1. The van der Waals surface area contributed by atoms with E-state index < -0.39 is 17.4 Å². The number of phenols is 1. The Morgan fingerprint density at radius 1 is 1.39 bits per heavy atom. The van der Waals surface area contributed by atoms with Crippen LogP contribution in [0.2, 0.25) is 0 Å². The molecule has 1 aliphatic rings. The summed E-state index contributed by atoms with van der Waals surface area (Å²) >= 11 is 0. The number of nitrogens with one attached hydrogen (secondary N) is 2. The largest absolute Gasteiger partial charge is 0.503 e. The van der Waals surface area contributed by atoms with Gasteiger partial charge in [-0.1, -0.05) is 0 Å². The minimum atomic E-state index is -1.00. The highest BCUT2D eigenvalue weighted by atomic mass is 19.1. The van der Waals surface area contributed by atoms with Gasteiger partial charge in [0.1, 0.15) is 0 Å². The van der Waals surface area contributed by atoms with Gasteiger partial charge in [0, 0.05) is 13.1 Å². The Morgan fingerprint density at radius 2 is 2.06 bits per heavy atom. The Balaban J connectivity index is 1.99. The van der Waals surface area contributed by atoms with E-state index in [2.05, 4.69) is 10.6 Å². The molecular weight excluding hydrogens is 242 g/mol. The molecule has 1 aliphatic heterocycles. The highest BCUT2D eigenvalue weighted by Crippen LogP contribution is 2.21. The molecule has 18 heavy (non-hydrogen) atoms. The fourth-order valence-corrected chi connectivity index (χ4v) is 1.93. The fraction of sp³-hybridized carbons (Fsp3) is 0.417. The molecule has 0 aliphatic carbocycles. The van der Waals surface area contributed by atoms with E-state index in [1.807, 2.05) is 0 Å². The maximum atomic E-state index is 13.1. The molecule has 2 rings (SSSR count). The molecule has 1 amide bonds. The SMILES string of the molecule is O=C1NCCCC1NCc1cc(F)c(O)c(F)c1. The van der Waals surface area contributed by atoms with Crippen LogP contribution in [0.5, 0.6) is 5.75 Å². The summed E-state index contributed by atoms with van der Waals surface area (Å²) in [6, 6.07) is 1.76. The molecular formula is C12H14F2N2O2. The summed E-state index contributed by atoms with van der Waals surface area (Å²) in [5, 5.41) is 14.6. The van der Waals surface area contributed by atoms with Crippen molar-refractivity contribution in [1.29, 1.82) is 0 Å². The normalized spacial score (nSPS) is 19.7. The molecule has 0 aromatic heterocycles. The highest BCUT2D eigenvalue weighted by Gasteiger charge is 2.21. The van der Waals surface area contributed by atoms with Crippen molar-refractivity contribution in [3.8, 4) is 5.75 Å². The summed E-state index contributed by atoms with van der Waals surface area (Å²) in [6.45, 7) is 0.839. The first-order chi connectivity index (χ1) is 8.58. The number of aromatic hydroxyl groups is 1. The molecule has 1 atom stereocenters. The average Bonchev–Trinajstić information content (AvgIpc) is 2.35. The molecule has 1 saturated heterocycles. The summed E-state index contributed by atoms with van der Waals surface area (Å²) < 4.78 is 26.2. The third-order valence-electron chi connectivity index (χ3n) is 2.91. The molecule has 1 aromatic carbocycles. The molecule has 0 saturated carbocycles. The predicted octanol–water partition coefficient (Wildman–Crippen LogP) is 1.04. The quantitative estimate of drug-likeness (QED) is 0.757. The number of amides is 1. The predicted molar refractivity (Wildman–Crippen MR) is 60.9 cm³/mol. The van der Waals surface area contributed by atoms with Crippen molar-refractivity contribution in [3.05, 3.63) is 29.3 Å². The molecule has 1 aromatic rings. The van der Waals surface area contributed by atoms with E-state index in [4.69, 9.17) is 5.11 Å². The molecule has 98 valence electrons. The minimum Gasteiger partial charge on any atom is -0.503 e. The Morgan fingerprint density at radius 3 is 2.67 bits per heavy atom. The summed E-state index contributed by atoms with van der Waals surface area (Å²) in [5.41, 5.74) is 0.348. The van der Waals surface area contributed by atoms with Crippen molar-refractivity contribution in [2.75, 3.05) is 6.54 Å². The van der Waals surface area contributed by atoms with Crippen LogP contribution in [0.3, 0.4) is 0 Å². The lowest BCUT2D eigenvalue weighted by atomic mass is 10.1. The monoisotopic (exact) mass is 256 g/mol. The van der Waals surface area contributed by atoms with Gasteiger partial charge in [-0.25, -0.2) is 8.78 Å². The molecule has 6 heteroatoms. The molecule has 1 unspecified atom stereocenters. The van der Waals surface area contributed by atoms with E-state index in [-0.39, 0.29) is 18.5 Å². The third-order valence-corrected chi connectivity index (χ3v) is 2.91. The van der Waals surface area contributed by atoms with Crippen LogP contribution >= 0.6 is 0 Å². The van der Waals surface area contributed by atoms with Gasteiger partial charge < -0.3 is 15.7 Å². The summed E-state index contributed by atoms with van der Waals surface area (Å²) in [4.78, 5) is 11.4. The maximum absolute atomic E-state index is 13.1. The Hall–Kier alpha value is -1.69. The molecule has 0 bridgehead atoms. The van der Waals surface area contributed by atoms with E-state index in [1.54, 1.807) is 0 Å².